The molecule has 4 bridgehead atoms. The summed E-state index contributed by atoms with van der Waals surface area (Å²) in [7, 11) is 3.58. The minimum atomic E-state index is -0.403. The number of hydrogen-bond acceptors (Lipinski definition) is 6. The van der Waals surface area contributed by atoms with Crippen molar-refractivity contribution in [2.45, 2.75) is 187 Å². The van der Waals surface area contributed by atoms with E-state index in [1.807, 2.05) is 34.1 Å². The van der Waals surface area contributed by atoms with Crippen LogP contribution < -0.4 is 9.47 Å². The van der Waals surface area contributed by atoms with Gasteiger partial charge in [0.15, 0.2) is 0 Å². The van der Waals surface area contributed by atoms with Gasteiger partial charge in [0.2, 0.25) is 0 Å². The van der Waals surface area contributed by atoms with Gasteiger partial charge in [-0.3, -0.25) is 9.59 Å². The molecule has 0 spiro atoms. The van der Waals surface area contributed by atoms with Crippen molar-refractivity contribution in [3.63, 3.8) is 0 Å². The van der Waals surface area contributed by atoms with Gasteiger partial charge in [-0.2, -0.15) is 0 Å². The highest BCUT2D eigenvalue weighted by atomic mass is 16.5. The molecule has 0 radical (unpaired) electrons. The van der Waals surface area contributed by atoms with Crippen molar-refractivity contribution in [2.75, 3.05) is 40.5 Å². The van der Waals surface area contributed by atoms with Crippen LogP contribution in [0.15, 0.2) is 72.8 Å². The molecule has 386 valence electrons. The van der Waals surface area contributed by atoms with Crippen LogP contribution in [0.5, 0.6) is 11.5 Å². The van der Waals surface area contributed by atoms with Crippen molar-refractivity contribution in [3.8, 4) is 33.8 Å². The monoisotopic (exact) mass is 969 g/mol. The third-order valence-electron chi connectivity index (χ3n) is 16.5. The molecule has 4 aromatic carbocycles. The first-order valence-electron chi connectivity index (χ1n) is 27.7. The van der Waals surface area contributed by atoms with Crippen molar-refractivity contribution in [1.29, 1.82) is 0 Å². The van der Waals surface area contributed by atoms with E-state index in [4.69, 9.17) is 9.47 Å². The van der Waals surface area contributed by atoms with Gasteiger partial charge in [-0.05, 0) is 150 Å². The number of likely N-dealkylation sites (tertiary alicyclic amines) is 2. The van der Waals surface area contributed by atoms with E-state index in [0.29, 0.717) is 30.6 Å². The SMILES string of the molecule is CCCC1CCCCCCCCCC(C)(C)Cc2cc(OC)c(cc2OC)C(C)(C)Cc2cc(-c3ccc(C(=O)N4CCC[C@H]4CO)cc3)c(cc2-c2ccc(C(=O)N3CCC[C@@H]3CO)cc2)CCCC1. The second kappa shape index (κ2) is 25.3. The van der Waals surface area contributed by atoms with Crippen LogP contribution in [0.4, 0.5) is 0 Å². The minimum Gasteiger partial charge on any atom is -0.496 e. The van der Waals surface area contributed by atoms with Crippen molar-refractivity contribution in [3.05, 3.63) is 106 Å². The number of ether oxygens (including phenoxy) is 2. The maximum absolute atomic E-state index is 13.8. The van der Waals surface area contributed by atoms with Gasteiger partial charge in [0.1, 0.15) is 11.5 Å². The molecule has 8 nitrogen and oxygen atoms in total. The predicted octanol–water partition coefficient (Wildman–Crippen LogP) is 14.0. The second-order valence-electron chi connectivity index (χ2n) is 23.0. The van der Waals surface area contributed by atoms with E-state index in [2.05, 4.69) is 83.1 Å². The molecule has 3 atom stereocenters. The number of benzene rings is 4. The summed E-state index contributed by atoms with van der Waals surface area (Å²) >= 11 is 0. The lowest BCUT2D eigenvalue weighted by atomic mass is 9.74. The number of nitrogens with zero attached hydrogens (tertiary/aromatic N) is 2. The Kier molecular flexibility index (Phi) is 19.3. The van der Waals surface area contributed by atoms with Crippen LogP contribution in [0.1, 0.15) is 193 Å². The number of hydrogen-bond donors (Lipinski definition) is 2. The third-order valence-corrected chi connectivity index (χ3v) is 16.5. The Bertz CT molecular complexity index is 2350. The molecule has 9 rings (SSSR count). The lowest BCUT2D eigenvalue weighted by molar-refractivity contribution is 0.0672. The number of carbonyl (C=O) groups is 2. The molecule has 1 unspecified atom stereocenters. The number of aryl methyl sites for hydroxylation is 1. The average molecular weight is 969 g/mol. The molecule has 2 heterocycles. The molecular weight excluding hydrogens is 881 g/mol. The van der Waals surface area contributed by atoms with E-state index in [9.17, 15) is 19.8 Å². The number of fused-ring (bicyclic) bond motifs is 2. The van der Waals surface area contributed by atoms with Crippen molar-refractivity contribution in [2.24, 2.45) is 11.3 Å². The van der Waals surface area contributed by atoms with Crippen LogP contribution in [0.25, 0.3) is 22.3 Å². The third kappa shape index (κ3) is 13.7. The summed E-state index contributed by atoms with van der Waals surface area (Å²) in [6.07, 6.45) is 23.7. The van der Waals surface area contributed by atoms with Crippen LogP contribution in [0.2, 0.25) is 0 Å². The molecular formula is C63H88N2O6. The maximum Gasteiger partial charge on any atom is 0.254 e. The molecule has 2 saturated heterocycles. The first kappa shape index (κ1) is 54.1. The molecule has 8 heteroatoms. The van der Waals surface area contributed by atoms with E-state index >= 15 is 0 Å². The quantitative estimate of drug-likeness (QED) is 0.164. The largest absolute Gasteiger partial charge is 0.496 e. The first-order valence-corrected chi connectivity index (χ1v) is 27.7. The van der Waals surface area contributed by atoms with E-state index in [1.54, 1.807) is 14.2 Å². The van der Waals surface area contributed by atoms with Gasteiger partial charge in [0, 0.05) is 29.8 Å². The average Bonchev–Trinajstić information content (AvgIpc) is 4.07. The summed E-state index contributed by atoms with van der Waals surface area (Å²) in [6.45, 7) is 13.0. The van der Waals surface area contributed by atoms with Crippen LogP contribution in [-0.2, 0) is 24.7 Å². The topological polar surface area (TPSA) is 99.5 Å². The Balaban J connectivity index is 1.33. The lowest BCUT2D eigenvalue weighted by Crippen LogP contribution is -2.37. The summed E-state index contributed by atoms with van der Waals surface area (Å²) in [5, 5.41) is 20.1. The summed E-state index contributed by atoms with van der Waals surface area (Å²) in [5.74, 6) is 2.49. The highest BCUT2D eigenvalue weighted by Gasteiger charge is 2.33. The Morgan fingerprint density at radius 2 is 1.08 bits per heavy atom. The van der Waals surface area contributed by atoms with Crippen LogP contribution in [0, 0.1) is 11.3 Å². The first-order chi connectivity index (χ1) is 34.3. The van der Waals surface area contributed by atoms with Crippen molar-refractivity contribution < 1.29 is 29.3 Å². The molecule has 2 N–H and O–H groups in total. The molecule has 0 saturated carbocycles. The Labute approximate surface area is 427 Å². The fourth-order valence-electron chi connectivity index (χ4n) is 12.4. The Morgan fingerprint density at radius 3 is 1.62 bits per heavy atom. The normalized spacial score (nSPS) is 21.6. The lowest BCUT2D eigenvalue weighted by Gasteiger charge is -2.31. The van der Waals surface area contributed by atoms with Crippen molar-refractivity contribution in [1.82, 2.24) is 9.80 Å². The zero-order chi connectivity index (χ0) is 50.5. The number of amides is 2. The summed E-state index contributed by atoms with van der Waals surface area (Å²) < 4.78 is 12.5. The standard InChI is InChI=1S/C63H88N2O6/c1-8-20-45-21-14-12-10-9-11-13-17-34-62(2,3)41-52-39-59(71-7)57(40-58(52)70-6)63(4,5)42-51-38-55(46-26-30-48(31-27-46)60(68)64-35-18-24-53(64)43-66)50(23-16-15-22-45)37-56(51)47-28-32-49(33-29-47)61(69)65-36-19-25-54(65)44-67/h26-33,37-40,45,53-54,66-67H,8-25,34-36,41-44H2,1-7H3/t45?,53-,54+/m0/s1. The molecule has 2 fully saturated rings. The Hall–Kier alpha value is -4.66. The smallest absolute Gasteiger partial charge is 0.254 e. The second-order valence-corrected chi connectivity index (χ2v) is 23.0. The molecule has 3 aliphatic carbocycles. The molecule has 71 heavy (non-hydrogen) atoms. The van der Waals surface area contributed by atoms with E-state index in [-0.39, 0.29) is 42.5 Å². The van der Waals surface area contributed by atoms with Crippen LogP contribution >= 0.6 is 0 Å². The molecule has 4 aromatic rings. The number of aliphatic hydroxyl groups excluding tert-OH is 2. The van der Waals surface area contributed by atoms with Gasteiger partial charge < -0.3 is 29.5 Å². The maximum atomic E-state index is 13.8. The van der Waals surface area contributed by atoms with Gasteiger partial charge in [-0.1, -0.05) is 148 Å². The number of carbonyl (C=O) groups excluding carboxylic acids is 2. The zero-order valence-electron chi connectivity index (χ0n) is 44.8. The zero-order valence-corrected chi connectivity index (χ0v) is 44.8. The molecule has 2 amide bonds. The molecule has 0 aromatic heterocycles. The summed E-state index contributed by atoms with van der Waals surface area (Å²) in [5.41, 5.74) is 10.2. The fraction of sp³-hybridized carbons (Fsp3) is 0.587. The van der Waals surface area contributed by atoms with Gasteiger partial charge in [-0.25, -0.2) is 0 Å². The highest BCUT2D eigenvalue weighted by Crippen LogP contribution is 2.44. The summed E-state index contributed by atoms with van der Waals surface area (Å²) in [4.78, 5) is 31.3. The minimum absolute atomic E-state index is 0.0134. The molecule has 2 aliphatic heterocycles. The van der Waals surface area contributed by atoms with Gasteiger partial charge >= 0.3 is 0 Å². The van der Waals surface area contributed by atoms with Crippen molar-refractivity contribution >= 4 is 11.8 Å². The van der Waals surface area contributed by atoms with E-state index in [0.717, 1.165) is 84.6 Å². The number of rotatable bonds is 10. The highest BCUT2D eigenvalue weighted by molar-refractivity contribution is 5.96. The van der Waals surface area contributed by atoms with Gasteiger partial charge in [0.25, 0.3) is 11.8 Å². The van der Waals surface area contributed by atoms with Crippen LogP contribution in [0.3, 0.4) is 0 Å². The summed E-state index contributed by atoms with van der Waals surface area (Å²) in [6, 6.07) is 25.4. The van der Waals surface area contributed by atoms with E-state index in [1.165, 1.54) is 106 Å². The number of methoxy groups -OCH3 is 2. The Morgan fingerprint density at radius 1 is 0.577 bits per heavy atom. The van der Waals surface area contributed by atoms with Gasteiger partial charge in [0.05, 0.1) is 39.5 Å². The van der Waals surface area contributed by atoms with Crippen LogP contribution in [-0.4, -0.2) is 84.4 Å². The fourth-order valence-corrected chi connectivity index (χ4v) is 12.4. The molecule has 5 aliphatic rings. The van der Waals surface area contributed by atoms with Gasteiger partial charge in [-0.15, -0.1) is 0 Å². The number of aliphatic hydroxyl groups is 2. The predicted molar refractivity (Wildman–Crippen MR) is 291 cm³/mol. The van der Waals surface area contributed by atoms with E-state index < -0.39 is 5.41 Å².